The molecule has 1 aliphatic heterocycles. The Morgan fingerprint density at radius 2 is 2.00 bits per heavy atom. The molecule has 0 aromatic carbocycles. The number of aromatic nitrogens is 3. The molecule has 0 aliphatic carbocycles. The van der Waals surface area contributed by atoms with Gasteiger partial charge in [0.1, 0.15) is 17.0 Å². The van der Waals surface area contributed by atoms with Crippen molar-refractivity contribution in [1.82, 2.24) is 20.4 Å². The number of carbonyl (C=O) groups excluding carboxylic acids is 1. The first-order valence-corrected chi connectivity index (χ1v) is 9.81. The zero-order valence-electron chi connectivity index (χ0n) is 16.0. The molecule has 0 saturated carbocycles. The molecule has 142 valence electrons. The van der Waals surface area contributed by atoms with Gasteiger partial charge >= 0.3 is 0 Å². The van der Waals surface area contributed by atoms with Crippen LogP contribution in [0.5, 0.6) is 0 Å². The van der Waals surface area contributed by atoms with Gasteiger partial charge in [0, 0.05) is 32.0 Å². The molecule has 1 fully saturated rings. The Hall–Kier alpha value is -2.18. The lowest BCUT2D eigenvalue weighted by Crippen LogP contribution is -2.32. The number of aryl methyl sites for hydroxylation is 2. The van der Waals surface area contributed by atoms with E-state index in [0.717, 1.165) is 42.8 Å². The van der Waals surface area contributed by atoms with Gasteiger partial charge in [0.15, 0.2) is 0 Å². The van der Waals surface area contributed by atoms with Crippen LogP contribution in [0.4, 0.5) is 5.82 Å². The van der Waals surface area contributed by atoms with E-state index in [2.05, 4.69) is 34.2 Å². The van der Waals surface area contributed by atoms with Crippen LogP contribution in [0.2, 0.25) is 0 Å². The van der Waals surface area contributed by atoms with Crippen LogP contribution < -0.4 is 10.2 Å². The molecular formula is C19H29N5O2. The molecule has 2 aromatic heterocycles. The van der Waals surface area contributed by atoms with Gasteiger partial charge in [-0.3, -0.25) is 4.79 Å². The number of hydrogen-bond donors (Lipinski definition) is 1. The smallest absolute Gasteiger partial charge is 0.263 e. The van der Waals surface area contributed by atoms with Gasteiger partial charge in [-0.2, -0.15) is 4.98 Å². The van der Waals surface area contributed by atoms with E-state index < -0.39 is 0 Å². The molecule has 1 N–H and O–H groups in total. The van der Waals surface area contributed by atoms with Crippen LogP contribution in [0.3, 0.4) is 0 Å². The molecule has 7 heteroatoms. The number of carbonyl (C=O) groups is 1. The summed E-state index contributed by atoms with van der Waals surface area (Å²) in [6.07, 6.45) is 6.19. The minimum atomic E-state index is 0.0365. The van der Waals surface area contributed by atoms with Gasteiger partial charge < -0.3 is 14.7 Å². The molecule has 0 bridgehead atoms. The topological polar surface area (TPSA) is 84.1 Å². The van der Waals surface area contributed by atoms with Gasteiger partial charge in [0.25, 0.3) is 5.71 Å². The van der Waals surface area contributed by atoms with Crippen LogP contribution in [0.25, 0.3) is 11.1 Å². The van der Waals surface area contributed by atoms with Crippen LogP contribution >= 0.6 is 0 Å². The third kappa shape index (κ3) is 4.14. The number of rotatable bonds is 7. The first-order chi connectivity index (χ1) is 12.6. The van der Waals surface area contributed by atoms with Gasteiger partial charge in [-0.25, -0.2) is 4.98 Å². The molecule has 2 aromatic rings. The minimum Gasteiger partial charge on any atom is -0.356 e. The number of amides is 1. The molecule has 7 nitrogen and oxygen atoms in total. The highest BCUT2D eigenvalue weighted by Gasteiger charge is 2.22. The number of piperidine rings is 1. The first-order valence-electron chi connectivity index (χ1n) is 9.81. The third-order valence-corrected chi connectivity index (χ3v) is 5.02. The molecule has 3 heterocycles. The van der Waals surface area contributed by atoms with Crippen LogP contribution in [0, 0.1) is 0 Å². The summed E-state index contributed by atoms with van der Waals surface area (Å²) in [5.74, 6) is 1.61. The van der Waals surface area contributed by atoms with E-state index in [1.807, 2.05) is 6.92 Å². The van der Waals surface area contributed by atoms with Crippen LogP contribution in [0.15, 0.2) is 4.52 Å². The number of hydrogen-bond acceptors (Lipinski definition) is 6. The highest BCUT2D eigenvalue weighted by Crippen LogP contribution is 2.29. The maximum Gasteiger partial charge on any atom is 0.263 e. The van der Waals surface area contributed by atoms with E-state index in [0.29, 0.717) is 24.4 Å². The quantitative estimate of drug-likeness (QED) is 0.818. The van der Waals surface area contributed by atoms with Crippen molar-refractivity contribution in [3.05, 3.63) is 11.5 Å². The molecule has 1 amide bonds. The second-order valence-electron chi connectivity index (χ2n) is 7.05. The van der Waals surface area contributed by atoms with Gasteiger partial charge in [-0.15, -0.1) is 0 Å². The van der Waals surface area contributed by atoms with Gasteiger partial charge in [0.05, 0.1) is 5.69 Å². The predicted octanol–water partition coefficient (Wildman–Crippen LogP) is 3.02. The van der Waals surface area contributed by atoms with E-state index in [1.54, 1.807) is 0 Å². The van der Waals surface area contributed by atoms with E-state index in [4.69, 9.17) is 9.51 Å². The van der Waals surface area contributed by atoms with Crippen molar-refractivity contribution in [3.63, 3.8) is 0 Å². The number of nitrogens with zero attached hydrogens (tertiary/aromatic N) is 4. The highest BCUT2D eigenvalue weighted by atomic mass is 16.5. The normalized spacial score (nSPS) is 16.0. The van der Waals surface area contributed by atoms with Crippen molar-refractivity contribution in [1.29, 1.82) is 0 Å². The summed E-state index contributed by atoms with van der Waals surface area (Å²) in [6.45, 7) is 8.12. The summed E-state index contributed by atoms with van der Waals surface area (Å²) in [6, 6.07) is 0.191. The van der Waals surface area contributed by atoms with Crippen LogP contribution in [-0.2, 0) is 17.6 Å². The molecule has 1 saturated heterocycles. The van der Waals surface area contributed by atoms with Crippen molar-refractivity contribution in [3.8, 4) is 0 Å². The average Bonchev–Trinajstić information content (AvgIpc) is 3.09. The second kappa shape index (κ2) is 8.47. The summed E-state index contributed by atoms with van der Waals surface area (Å²) >= 11 is 0. The Morgan fingerprint density at radius 1 is 1.23 bits per heavy atom. The summed E-state index contributed by atoms with van der Waals surface area (Å²) in [4.78, 5) is 23.7. The first kappa shape index (κ1) is 18.6. The summed E-state index contributed by atoms with van der Waals surface area (Å²) in [5.41, 5.74) is 1.44. The Balaban J connectivity index is 1.83. The molecule has 26 heavy (non-hydrogen) atoms. The summed E-state index contributed by atoms with van der Waals surface area (Å²) < 4.78 is 5.47. The van der Waals surface area contributed by atoms with E-state index in [9.17, 15) is 4.79 Å². The number of anilines is 1. The number of fused-ring (bicyclic) bond motifs is 1. The van der Waals surface area contributed by atoms with Gasteiger partial charge in [-0.05, 0) is 39.0 Å². The Bertz CT molecular complexity index is 752. The minimum absolute atomic E-state index is 0.0365. The fourth-order valence-electron chi connectivity index (χ4n) is 3.30. The Labute approximate surface area is 154 Å². The summed E-state index contributed by atoms with van der Waals surface area (Å²) in [7, 11) is 0. The van der Waals surface area contributed by atoms with Crippen molar-refractivity contribution < 1.29 is 9.32 Å². The zero-order chi connectivity index (χ0) is 18.5. The molecule has 0 radical (unpaired) electrons. The maximum atomic E-state index is 12.1. The SMILES string of the molecule is CCc1noc2nc(CCC(=O)N[C@H](C)CC)nc(N3CCCCC3)c12. The highest BCUT2D eigenvalue weighted by molar-refractivity contribution is 5.88. The lowest BCUT2D eigenvalue weighted by atomic mass is 10.1. The van der Waals surface area contributed by atoms with Crippen LogP contribution in [0.1, 0.15) is 64.4 Å². The fourth-order valence-corrected chi connectivity index (χ4v) is 3.30. The second-order valence-corrected chi connectivity index (χ2v) is 7.05. The van der Waals surface area contributed by atoms with Crippen molar-refractivity contribution >= 4 is 22.8 Å². The monoisotopic (exact) mass is 359 g/mol. The molecular weight excluding hydrogens is 330 g/mol. The molecule has 1 atom stereocenters. The summed E-state index contributed by atoms with van der Waals surface area (Å²) in [5, 5.41) is 8.09. The predicted molar refractivity (Wildman–Crippen MR) is 101 cm³/mol. The molecule has 0 unspecified atom stereocenters. The van der Waals surface area contributed by atoms with Gasteiger partial charge in [-0.1, -0.05) is 19.0 Å². The van der Waals surface area contributed by atoms with Gasteiger partial charge in [0.2, 0.25) is 5.91 Å². The largest absolute Gasteiger partial charge is 0.356 e. The van der Waals surface area contributed by atoms with Crippen molar-refractivity contribution in [2.75, 3.05) is 18.0 Å². The van der Waals surface area contributed by atoms with Crippen LogP contribution in [-0.4, -0.2) is 40.2 Å². The standard InChI is InChI=1S/C19H29N5O2/c1-4-13(3)20-16(25)10-9-15-21-18(24-11-7-6-8-12-24)17-14(5-2)23-26-19(17)22-15/h13H,4-12H2,1-3H3,(H,20,25)/t13-/m1/s1. The van der Waals surface area contributed by atoms with E-state index >= 15 is 0 Å². The molecule has 3 rings (SSSR count). The molecule has 1 aliphatic rings. The Kier molecular flexibility index (Phi) is 6.06. The zero-order valence-corrected chi connectivity index (χ0v) is 16.0. The number of nitrogens with one attached hydrogen (secondary N) is 1. The van der Waals surface area contributed by atoms with E-state index in [1.165, 1.54) is 19.3 Å². The Morgan fingerprint density at radius 3 is 2.69 bits per heavy atom. The van der Waals surface area contributed by atoms with E-state index in [-0.39, 0.29) is 11.9 Å². The van der Waals surface area contributed by atoms with Crippen molar-refractivity contribution in [2.24, 2.45) is 0 Å². The van der Waals surface area contributed by atoms with Crippen molar-refractivity contribution in [2.45, 2.75) is 71.8 Å². The fraction of sp³-hybridized carbons (Fsp3) is 0.684. The lowest BCUT2D eigenvalue weighted by molar-refractivity contribution is -0.121. The third-order valence-electron chi connectivity index (χ3n) is 5.02. The lowest BCUT2D eigenvalue weighted by Gasteiger charge is -2.28. The molecule has 0 spiro atoms. The average molecular weight is 359 g/mol. The maximum absolute atomic E-state index is 12.1.